The maximum atomic E-state index is 12.2. The van der Waals surface area contributed by atoms with Gasteiger partial charge in [0.05, 0.1) is 23.8 Å². The van der Waals surface area contributed by atoms with Gasteiger partial charge >= 0.3 is 0 Å². The molecule has 0 bridgehead atoms. The Bertz CT molecular complexity index is 555. The van der Waals surface area contributed by atoms with E-state index in [1.54, 1.807) is 6.33 Å². The zero-order chi connectivity index (χ0) is 15.4. The second-order valence-electron chi connectivity index (χ2n) is 4.93. The molecule has 1 aromatic rings. The first-order chi connectivity index (χ1) is 9.97. The third-order valence-electron chi connectivity index (χ3n) is 3.39. The van der Waals surface area contributed by atoms with Crippen molar-refractivity contribution in [1.29, 1.82) is 0 Å². The summed E-state index contributed by atoms with van der Waals surface area (Å²) in [5.41, 5.74) is 12.0. The Hall–Kier alpha value is -2.42. The van der Waals surface area contributed by atoms with Crippen molar-refractivity contribution in [2.45, 2.75) is 37.9 Å². The average molecular weight is 294 g/mol. The summed E-state index contributed by atoms with van der Waals surface area (Å²) in [6.45, 7) is 0.496. The molecule has 114 valence electrons. The van der Waals surface area contributed by atoms with Gasteiger partial charge in [-0.3, -0.25) is 19.7 Å². The van der Waals surface area contributed by atoms with Crippen LogP contribution in [-0.4, -0.2) is 39.8 Å². The van der Waals surface area contributed by atoms with Crippen LogP contribution in [0.15, 0.2) is 6.33 Å². The molecule has 0 aromatic carbocycles. The topological polar surface area (TPSA) is 156 Å². The molecule has 2 atom stereocenters. The Balaban J connectivity index is 1.93. The van der Waals surface area contributed by atoms with Crippen molar-refractivity contribution in [2.24, 2.45) is 11.5 Å². The van der Waals surface area contributed by atoms with Crippen molar-refractivity contribution >= 4 is 17.7 Å². The van der Waals surface area contributed by atoms with Crippen LogP contribution in [0, 0.1) is 0 Å². The third kappa shape index (κ3) is 3.78. The number of hydrogen-bond acceptors (Lipinski definition) is 5. The maximum absolute atomic E-state index is 12.2. The number of primary amides is 2. The van der Waals surface area contributed by atoms with Crippen LogP contribution in [0.4, 0.5) is 0 Å². The average Bonchev–Trinajstić information content (AvgIpc) is 2.89. The molecule has 2 unspecified atom stereocenters. The second kappa shape index (κ2) is 6.35. The lowest BCUT2D eigenvalue weighted by Gasteiger charge is -2.24. The number of aromatic nitrogens is 2. The van der Waals surface area contributed by atoms with E-state index in [4.69, 9.17) is 11.5 Å². The van der Waals surface area contributed by atoms with Crippen molar-refractivity contribution in [3.05, 3.63) is 17.7 Å². The molecular formula is C12H18N6O3. The molecule has 21 heavy (non-hydrogen) atoms. The van der Waals surface area contributed by atoms with Crippen LogP contribution >= 0.6 is 0 Å². The fraction of sp³-hybridized carbons (Fsp3) is 0.500. The van der Waals surface area contributed by atoms with Crippen molar-refractivity contribution in [3.8, 4) is 0 Å². The fourth-order valence-corrected chi connectivity index (χ4v) is 2.20. The van der Waals surface area contributed by atoms with Gasteiger partial charge in [-0.15, -0.1) is 0 Å². The van der Waals surface area contributed by atoms with E-state index in [9.17, 15) is 14.4 Å². The minimum absolute atomic E-state index is 0.0184. The van der Waals surface area contributed by atoms with Crippen molar-refractivity contribution in [3.63, 3.8) is 0 Å². The first kappa shape index (κ1) is 15.0. The second-order valence-corrected chi connectivity index (χ2v) is 4.93. The van der Waals surface area contributed by atoms with Gasteiger partial charge < -0.3 is 21.8 Å². The minimum Gasteiger partial charge on any atom is -0.370 e. The number of imidazole rings is 1. The Morgan fingerprint density at radius 1 is 1.43 bits per heavy atom. The summed E-state index contributed by atoms with van der Waals surface area (Å²) in [5, 5.41) is 5.59. The molecule has 0 fully saturated rings. The first-order valence-corrected chi connectivity index (χ1v) is 6.60. The summed E-state index contributed by atoms with van der Waals surface area (Å²) in [6.07, 6.45) is 2.07. The van der Waals surface area contributed by atoms with Gasteiger partial charge in [0.25, 0.3) is 0 Å². The number of rotatable bonds is 6. The summed E-state index contributed by atoms with van der Waals surface area (Å²) >= 11 is 0. The molecule has 0 radical (unpaired) electrons. The third-order valence-corrected chi connectivity index (χ3v) is 3.39. The highest BCUT2D eigenvalue weighted by Gasteiger charge is 2.28. The predicted molar refractivity (Wildman–Crippen MR) is 72.5 cm³/mol. The van der Waals surface area contributed by atoms with Crippen LogP contribution in [0.2, 0.25) is 0 Å². The van der Waals surface area contributed by atoms with Crippen molar-refractivity contribution in [1.82, 2.24) is 20.6 Å². The Labute approximate surface area is 120 Å². The number of amides is 3. The maximum Gasteiger partial charge on any atom is 0.240 e. The molecule has 0 saturated carbocycles. The highest BCUT2D eigenvalue weighted by atomic mass is 16.2. The molecule has 2 rings (SSSR count). The lowest BCUT2D eigenvalue weighted by atomic mass is 10.0. The number of nitrogens with two attached hydrogens (primary N) is 2. The van der Waals surface area contributed by atoms with Gasteiger partial charge in [-0.1, -0.05) is 0 Å². The molecule has 1 aromatic heterocycles. The Morgan fingerprint density at radius 3 is 2.86 bits per heavy atom. The lowest BCUT2D eigenvalue weighted by molar-refractivity contribution is -0.129. The summed E-state index contributed by atoms with van der Waals surface area (Å²) in [7, 11) is 0. The van der Waals surface area contributed by atoms with Gasteiger partial charge in [-0.25, -0.2) is 4.98 Å². The van der Waals surface area contributed by atoms with Gasteiger partial charge in [0.15, 0.2) is 0 Å². The van der Waals surface area contributed by atoms with Gasteiger partial charge in [0.2, 0.25) is 17.7 Å². The van der Waals surface area contributed by atoms with Crippen LogP contribution < -0.4 is 22.1 Å². The number of fused-ring (bicyclic) bond motifs is 1. The van der Waals surface area contributed by atoms with E-state index in [0.717, 1.165) is 11.4 Å². The monoisotopic (exact) mass is 294 g/mol. The summed E-state index contributed by atoms with van der Waals surface area (Å²) in [4.78, 5) is 41.3. The van der Waals surface area contributed by atoms with Crippen LogP contribution in [0.1, 0.15) is 24.2 Å². The van der Waals surface area contributed by atoms with E-state index >= 15 is 0 Å². The van der Waals surface area contributed by atoms with Gasteiger partial charge in [-0.05, 0) is 6.42 Å². The molecule has 0 aliphatic carbocycles. The van der Waals surface area contributed by atoms with E-state index in [0.29, 0.717) is 13.0 Å². The highest BCUT2D eigenvalue weighted by molar-refractivity contribution is 5.89. The Morgan fingerprint density at radius 2 is 2.19 bits per heavy atom. The number of nitrogens with one attached hydrogen (secondary N) is 3. The molecule has 2 heterocycles. The van der Waals surface area contributed by atoms with Crippen LogP contribution in [-0.2, 0) is 27.3 Å². The lowest BCUT2D eigenvalue weighted by Crippen LogP contribution is -2.53. The van der Waals surface area contributed by atoms with E-state index in [2.05, 4.69) is 20.6 Å². The molecule has 0 spiro atoms. The molecule has 0 saturated heterocycles. The standard InChI is InChI=1S/C12H18N6O3/c13-10(19)2-1-6(11(14)20)18-12(21)8-3-7-9(4-15-8)17-5-16-7/h5-6,8,15H,1-4H2,(H2,13,19)(H2,14,20)(H,16,17)(H,18,21). The fourth-order valence-electron chi connectivity index (χ4n) is 2.20. The molecule has 1 aliphatic rings. The van der Waals surface area contributed by atoms with E-state index in [1.807, 2.05) is 0 Å². The quantitative estimate of drug-likeness (QED) is 0.397. The van der Waals surface area contributed by atoms with Gasteiger partial charge in [0, 0.05) is 19.4 Å². The summed E-state index contributed by atoms with van der Waals surface area (Å²) < 4.78 is 0. The predicted octanol–water partition coefficient (Wildman–Crippen LogP) is -2.34. The van der Waals surface area contributed by atoms with E-state index in [-0.39, 0.29) is 18.7 Å². The zero-order valence-electron chi connectivity index (χ0n) is 11.4. The number of nitrogens with zero attached hydrogens (tertiary/aromatic N) is 1. The van der Waals surface area contributed by atoms with E-state index in [1.165, 1.54) is 0 Å². The van der Waals surface area contributed by atoms with Gasteiger partial charge in [-0.2, -0.15) is 0 Å². The minimum atomic E-state index is -0.910. The normalized spacial score (nSPS) is 18.6. The summed E-state index contributed by atoms with van der Waals surface area (Å²) in [6, 6.07) is -1.40. The number of carbonyl (C=O) groups excluding carboxylic acids is 3. The highest BCUT2D eigenvalue weighted by Crippen LogP contribution is 2.12. The van der Waals surface area contributed by atoms with Crippen LogP contribution in [0.5, 0.6) is 0 Å². The molecule has 3 amide bonds. The number of hydrogen-bond donors (Lipinski definition) is 5. The van der Waals surface area contributed by atoms with Crippen LogP contribution in [0.3, 0.4) is 0 Å². The largest absolute Gasteiger partial charge is 0.370 e. The van der Waals surface area contributed by atoms with Crippen molar-refractivity contribution < 1.29 is 14.4 Å². The number of aromatic amines is 1. The van der Waals surface area contributed by atoms with E-state index < -0.39 is 23.9 Å². The van der Waals surface area contributed by atoms with Gasteiger partial charge in [0.1, 0.15) is 6.04 Å². The van der Waals surface area contributed by atoms with Crippen LogP contribution in [0.25, 0.3) is 0 Å². The van der Waals surface area contributed by atoms with Crippen molar-refractivity contribution in [2.75, 3.05) is 0 Å². The molecular weight excluding hydrogens is 276 g/mol. The molecule has 9 nitrogen and oxygen atoms in total. The smallest absolute Gasteiger partial charge is 0.240 e. The number of H-pyrrole nitrogens is 1. The SMILES string of the molecule is NC(=O)CCC(NC(=O)C1Cc2nc[nH]c2CN1)C(N)=O. The Kier molecular flexibility index (Phi) is 4.53. The summed E-state index contributed by atoms with van der Waals surface area (Å²) in [5.74, 6) is -1.59. The molecule has 9 heteroatoms. The molecule has 7 N–H and O–H groups in total. The molecule has 1 aliphatic heterocycles. The number of carbonyl (C=O) groups is 3. The zero-order valence-corrected chi connectivity index (χ0v) is 11.4. The first-order valence-electron chi connectivity index (χ1n) is 6.60.